The standard InChI is InChI=1S/C21H21FN6O/c1-12-14(7-23)4-16(22)5-15(12)8-25-20-17-6-19(28-10-21(3,29)11-28)24-9-18(17)13(2)26-27-20/h4-6,9,29H,8,10-11H2,1-3H3,(H,25,27). The number of anilines is 2. The van der Waals surface area contributed by atoms with Crippen LogP contribution < -0.4 is 10.2 Å². The Balaban J connectivity index is 1.66. The second-order valence-corrected chi connectivity index (χ2v) is 7.78. The summed E-state index contributed by atoms with van der Waals surface area (Å²) in [5.74, 6) is 0.872. The van der Waals surface area contributed by atoms with E-state index < -0.39 is 11.4 Å². The fourth-order valence-electron chi connectivity index (χ4n) is 3.62. The Bertz CT molecular complexity index is 1150. The van der Waals surface area contributed by atoms with Gasteiger partial charge in [-0.25, -0.2) is 9.37 Å². The van der Waals surface area contributed by atoms with Gasteiger partial charge in [-0.15, -0.1) is 5.10 Å². The smallest absolute Gasteiger partial charge is 0.157 e. The minimum atomic E-state index is -0.697. The summed E-state index contributed by atoms with van der Waals surface area (Å²) >= 11 is 0. The van der Waals surface area contributed by atoms with Crippen LogP contribution in [-0.2, 0) is 6.54 Å². The van der Waals surface area contributed by atoms with Gasteiger partial charge < -0.3 is 15.3 Å². The van der Waals surface area contributed by atoms with Crippen molar-refractivity contribution >= 4 is 22.4 Å². The lowest BCUT2D eigenvalue weighted by Gasteiger charge is -2.45. The third kappa shape index (κ3) is 3.57. The summed E-state index contributed by atoms with van der Waals surface area (Å²) in [4.78, 5) is 6.49. The van der Waals surface area contributed by atoms with Crippen molar-refractivity contribution in [3.8, 4) is 6.07 Å². The summed E-state index contributed by atoms with van der Waals surface area (Å²) in [5.41, 5.74) is 1.80. The van der Waals surface area contributed by atoms with Crippen LogP contribution in [0.15, 0.2) is 24.4 Å². The van der Waals surface area contributed by atoms with E-state index in [0.717, 1.165) is 27.8 Å². The molecule has 0 radical (unpaired) electrons. The fourth-order valence-corrected chi connectivity index (χ4v) is 3.62. The number of nitrogens with zero attached hydrogens (tertiary/aromatic N) is 5. The molecule has 4 rings (SSSR count). The number of nitriles is 1. The fraction of sp³-hybridized carbons (Fsp3) is 0.333. The van der Waals surface area contributed by atoms with Crippen molar-refractivity contribution in [2.75, 3.05) is 23.3 Å². The first-order chi connectivity index (χ1) is 13.8. The highest BCUT2D eigenvalue weighted by molar-refractivity contribution is 5.94. The molecule has 3 heterocycles. The second-order valence-electron chi connectivity index (χ2n) is 7.78. The van der Waals surface area contributed by atoms with Crippen molar-refractivity contribution in [2.24, 2.45) is 0 Å². The molecule has 0 amide bonds. The Morgan fingerprint density at radius 2 is 2.00 bits per heavy atom. The van der Waals surface area contributed by atoms with Gasteiger partial charge in [-0.05, 0) is 50.1 Å². The maximum Gasteiger partial charge on any atom is 0.157 e. The molecule has 0 aliphatic carbocycles. The van der Waals surface area contributed by atoms with E-state index in [1.165, 1.54) is 12.1 Å². The number of aliphatic hydroxyl groups is 1. The lowest BCUT2D eigenvalue weighted by Crippen LogP contribution is -2.60. The summed E-state index contributed by atoms with van der Waals surface area (Å²) in [7, 11) is 0. The number of hydrogen-bond donors (Lipinski definition) is 2. The maximum absolute atomic E-state index is 13.8. The summed E-state index contributed by atoms with van der Waals surface area (Å²) < 4.78 is 13.8. The Hall–Kier alpha value is -3.31. The number of hydrogen-bond acceptors (Lipinski definition) is 7. The highest BCUT2D eigenvalue weighted by Crippen LogP contribution is 2.31. The number of pyridine rings is 1. The predicted molar refractivity (Wildman–Crippen MR) is 108 cm³/mol. The summed E-state index contributed by atoms with van der Waals surface area (Å²) in [5, 5.41) is 32.6. The van der Waals surface area contributed by atoms with Crippen LogP contribution in [0.1, 0.15) is 29.3 Å². The van der Waals surface area contributed by atoms with E-state index in [4.69, 9.17) is 0 Å². The molecule has 1 aliphatic rings. The van der Waals surface area contributed by atoms with E-state index >= 15 is 0 Å². The molecule has 0 atom stereocenters. The molecule has 148 valence electrons. The van der Waals surface area contributed by atoms with Crippen LogP contribution in [-0.4, -0.2) is 39.0 Å². The van der Waals surface area contributed by atoms with Crippen molar-refractivity contribution in [3.63, 3.8) is 0 Å². The zero-order chi connectivity index (χ0) is 20.8. The minimum Gasteiger partial charge on any atom is -0.386 e. The summed E-state index contributed by atoms with van der Waals surface area (Å²) in [6.45, 7) is 6.80. The predicted octanol–water partition coefficient (Wildman–Crippen LogP) is 2.84. The van der Waals surface area contributed by atoms with Crippen molar-refractivity contribution in [2.45, 2.75) is 32.9 Å². The number of aromatic nitrogens is 3. The van der Waals surface area contributed by atoms with Crippen LogP contribution in [0.2, 0.25) is 0 Å². The van der Waals surface area contributed by atoms with E-state index in [1.54, 1.807) is 20.0 Å². The van der Waals surface area contributed by atoms with Gasteiger partial charge >= 0.3 is 0 Å². The molecular formula is C21H21FN6O. The zero-order valence-corrected chi connectivity index (χ0v) is 16.5. The van der Waals surface area contributed by atoms with Crippen molar-refractivity contribution in [1.29, 1.82) is 5.26 Å². The van der Waals surface area contributed by atoms with Crippen molar-refractivity contribution in [3.05, 3.63) is 52.6 Å². The lowest BCUT2D eigenvalue weighted by molar-refractivity contribution is 0.0305. The molecule has 7 nitrogen and oxygen atoms in total. The molecule has 8 heteroatoms. The molecule has 2 aromatic heterocycles. The quantitative estimate of drug-likeness (QED) is 0.704. The number of nitrogens with one attached hydrogen (secondary N) is 1. The van der Waals surface area contributed by atoms with Crippen LogP contribution >= 0.6 is 0 Å². The van der Waals surface area contributed by atoms with E-state index in [1.807, 2.05) is 24.0 Å². The molecule has 3 aromatic rings. The third-order valence-electron chi connectivity index (χ3n) is 5.27. The van der Waals surface area contributed by atoms with Gasteiger partial charge in [0.15, 0.2) is 5.82 Å². The van der Waals surface area contributed by atoms with Gasteiger partial charge in [0.05, 0.1) is 22.9 Å². The number of aryl methyl sites for hydroxylation is 1. The van der Waals surface area contributed by atoms with Gasteiger partial charge in [-0.2, -0.15) is 10.4 Å². The zero-order valence-electron chi connectivity index (χ0n) is 16.5. The number of β-amino-alcohol motifs (C(OH)–C–C–N with tert-alkyl or cyclic N) is 1. The lowest BCUT2D eigenvalue weighted by atomic mass is 9.97. The number of halogens is 1. The average Bonchev–Trinajstić information content (AvgIpc) is 2.67. The molecule has 0 unspecified atom stereocenters. The Morgan fingerprint density at radius 3 is 2.69 bits per heavy atom. The molecule has 1 aliphatic heterocycles. The highest BCUT2D eigenvalue weighted by Gasteiger charge is 2.37. The van der Waals surface area contributed by atoms with Gasteiger partial charge in [0.25, 0.3) is 0 Å². The van der Waals surface area contributed by atoms with Crippen LogP contribution in [0.4, 0.5) is 16.0 Å². The number of fused-ring (bicyclic) bond motifs is 1. The SMILES string of the molecule is Cc1c(C#N)cc(F)cc1CNc1nnc(C)c2cnc(N3CC(C)(O)C3)cc12. The molecule has 1 saturated heterocycles. The van der Waals surface area contributed by atoms with Gasteiger partial charge in [-0.1, -0.05) is 0 Å². The van der Waals surface area contributed by atoms with Crippen LogP contribution in [0.25, 0.3) is 10.8 Å². The first-order valence-electron chi connectivity index (χ1n) is 9.31. The Labute approximate surface area is 167 Å². The molecular weight excluding hydrogens is 371 g/mol. The minimum absolute atomic E-state index is 0.307. The van der Waals surface area contributed by atoms with Crippen LogP contribution in [0.3, 0.4) is 0 Å². The average molecular weight is 392 g/mol. The largest absolute Gasteiger partial charge is 0.386 e. The number of rotatable bonds is 4. The van der Waals surface area contributed by atoms with E-state index in [0.29, 0.717) is 36.6 Å². The monoisotopic (exact) mass is 392 g/mol. The summed E-state index contributed by atoms with van der Waals surface area (Å²) in [6.07, 6.45) is 1.76. The molecule has 1 fully saturated rings. The van der Waals surface area contributed by atoms with E-state index in [9.17, 15) is 14.8 Å². The second kappa shape index (κ2) is 6.94. The summed E-state index contributed by atoms with van der Waals surface area (Å²) in [6, 6.07) is 6.60. The molecule has 0 bridgehead atoms. The van der Waals surface area contributed by atoms with E-state index in [2.05, 4.69) is 20.5 Å². The first-order valence-corrected chi connectivity index (χ1v) is 9.31. The Kier molecular flexibility index (Phi) is 4.55. The molecule has 1 aromatic carbocycles. The van der Waals surface area contributed by atoms with Gasteiger partial charge in [0.1, 0.15) is 11.6 Å². The van der Waals surface area contributed by atoms with Crippen LogP contribution in [0.5, 0.6) is 0 Å². The Morgan fingerprint density at radius 1 is 1.24 bits per heavy atom. The van der Waals surface area contributed by atoms with E-state index in [-0.39, 0.29) is 0 Å². The van der Waals surface area contributed by atoms with Gasteiger partial charge in [0.2, 0.25) is 0 Å². The first kappa shape index (κ1) is 19.0. The van der Waals surface area contributed by atoms with Crippen molar-refractivity contribution < 1.29 is 9.50 Å². The third-order valence-corrected chi connectivity index (χ3v) is 5.27. The van der Waals surface area contributed by atoms with Crippen LogP contribution in [0, 0.1) is 31.0 Å². The number of benzene rings is 1. The normalized spacial score (nSPS) is 15.1. The maximum atomic E-state index is 13.8. The molecule has 0 saturated carbocycles. The van der Waals surface area contributed by atoms with Gasteiger partial charge in [-0.3, -0.25) is 0 Å². The van der Waals surface area contributed by atoms with Gasteiger partial charge in [0, 0.05) is 36.6 Å². The molecule has 29 heavy (non-hydrogen) atoms. The highest BCUT2D eigenvalue weighted by atomic mass is 19.1. The topological polar surface area (TPSA) is 98.0 Å². The van der Waals surface area contributed by atoms with Crippen molar-refractivity contribution in [1.82, 2.24) is 15.2 Å². The molecule has 0 spiro atoms. The molecule has 2 N–H and O–H groups in total.